The lowest BCUT2D eigenvalue weighted by Crippen LogP contribution is -2.53. The van der Waals surface area contributed by atoms with Crippen LogP contribution >= 0.6 is 0 Å². The Morgan fingerprint density at radius 1 is 1.09 bits per heavy atom. The third kappa shape index (κ3) is 4.50. The van der Waals surface area contributed by atoms with Crippen molar-refractivity contribution in [2.45, 2.75) is 18.4 Å². The number of methoxy groups -OCH3 is 2. The fourth-order valence-corrected chi connectivity index (χ4v) is 4.37. The van der Waals surface area contributed by atoms with Gasteiger partial charge < -0.3 is 19.3 Å². The summed E-state index contributed by atoms with van der Waals surface area (Å²) in [5, 5.41) is 10.2. The van der Waals surface area contributed by atoms with Crippen LogP contribution in [0.25, 0.3) is 0 Å². The Bertz CT molecular complexity index is 1160. The van der Waals surface area contributed by atoms with Crippen LogP contribution in [0.5, 0.6) is 17.8 Å². The fraction of sp³-hybridized carbons (Fsp3) is 0.273. The van der Waals surface area contributed by atoms with Gasteiger partial charge in [-0.25, -0.2) is 4.79 Å². The molecule has 1 aliphatic carbocycles. The number of carboxylic acid groups (broad SMARTS) is 1. The first-order valence-electron chi connectivity index (χ1n) is 9.54. The highest BCUT2D eigenvalue weighted by Crippen LogP contribution is 2.40. The molecule has 0 bridgehead atoms. The van der Waals surface area contributed by atoms with Crippen molar-refractivity contribution in [3.63, 3.8) is 0 Å². The van der Waals surface area contributed by atoms with Crippen LogP contribution in [0.3, 0.4) is 0 Å². The molecule has 0 saturated heterocycles. The number of carboxylic acids is 1. The largest absolute Gasteiger partial charge is 0.481 e. The number of aliphatic carboxylic acids is 1. The van der Waals surface area contributed by atoms with Gasteiger partial charge in [0.25, 0.3) is 0 Å². The van der Waals surface area contributed by atoms with Gasteiger partial charge in [0.05, 0.1) is 30.6 Å². The van der Waals surface area contributed by atoms with Gasteiger partial charge in [-0.15, -0.1) is 0 Å². The highest BCUT2D eigenvalue weighted by Gasteiger charge is 2.50. The summed E-state index contributed by atoms with van der Waals surface area (Å²) < 4.78 is 40.0. The number of hydrogen-bond acceptors (Lipinski definition) is 8. The number of rotatable bonds is 8. The van der Waals surface area contributed by atoms with E-state index in [0.717, 1.165) is 0 Å². The van der Waals surface area contributed by atoms with Crippen LogP contribution < -0.4 is 14.2 Å². The van der Waals surface area contributed by atoms with Crippen molar-refractivity contribution in [1.29, 1.82) is 0 Å². The summed E-state index contributed by atoms with van der Waals surface area (Å²) in [5.41, 5.74) is -0.793. The molecule has 32 heavy (non-hydrogen) atoms. The van der Waals surface area contributed by atoms with E-state index in [9.17, 15) is 18.3 Å². The van der Waals surface area contributed by atoms with Crippen LogP contribution in [0.15, 0.2) is 60.7 Å². The standard InChI is InChI=1S/C22H22N2O7S/c1-22(14-9-5-4-6-10-14,15-11-7-8-12-16(15)32(27)28)19(20(25)26)31-21-23-17(29-2)13-18(24-21)30-3/h4-13,15,19H,1-3H3,(H,25,26). The van der Waals surface area contributed by atoms with Gasteiger partial charge in [-0.05, 0) is 11.6 Å². The van der Waals surface area contributed by atoms with E-state index in [4.69, 9.17) is 14.2 Å². The predicted octanol–water partition coefficient (Wildman–Crippen LogP) is 2.08. The van der Waals surface area contributed by atoms with E-state index < -0.39 is 33.7 Å². The molecule has 0 spiro atoms. The van der Waals surface area contributed by atoms with E-state index in [1.807, 2.05) is 0 Å². The Labute approximate surface area is 186 Å². The number of carbonyl (C=O) groups is 1. The van der Waals surface area contributed by atoms with Crippen molar-refractivity contribution in [3.05, 3.63) is 66.3 Å². The molecule has 3 rings (SSSR count). The maximum Gasteiger partial charge on any atom is 0.346 e. The second-order valence-corrected chi connectivity index (χ2v) is 8.02. The molecule has 0 fully saturated rings. The van der Waals surface area contributed by atoms with E-state index >= 15 is 0 Å². The zero-order chi connectivity index (χ0) is 23.3. The van der Waals surface area contributed by atoms with Crippen molar-refractivity contribution in [2.24, 2.45) is 5.92 Å². The minimum Gasteiger partial charge on any atom is -0.481 e. The van der Waals surface area contributed by atoms with E-state index in [2.05, 4.69) is 9.97 Å². The average molecular weight is 458 g/mol. The first-order valence-corrected chi connectivity index (χ1v) is 10.6. The third-order valence-corrected chi connectivity index (χ3v) is 6.06. The average Bonchev–Trinajstić information content (AvgIpc) is 2.82. The Hall–Kier alpha value is -3.66. The molecular weight excluding hydrogens is 436 g/mol. The second-order valence-electron chi connectivity index (χ2n) is 7.08. The molecule has 10 heteroatoms. The number of aromatic nitrogens is 2. The molecule has 168 valence electrons. The van der Waals surface area contributed by atoms with Crippen molar-refractivity contribution in [1.82, 2.24) is 9.97 Å². The zero-order valence-corrected chi connectivity index (χ0v) is 18.4. The highest BCUT2D eigenvalue weighted by molar-refractivity contribution is 7.73. The van der Waals surface area contributed by atoms with Crippen molar-refractivity contribution in [3.8, 4) is 17.8 Å². The first-order chi connectivity index (χ1) is 15.3. The summed E-state index contributed by atoms with van der Waals surface area (Å²) >= 11 is 0. The third-order valence-electron chi connectivity index (χ3n) is 5.29. The number of ether oxygens (including phenoxy) is 3. The van der Waals surface area contributed by atoms with Crippen molar-refractivity contribution >= 4 is 21.1 Å². The summed E-state index contributed by atoms with van der Waals surface area (Å²) in [4.78, 5) is 20.7. The van der Waals surface area contributed by atoms with Crippen LogP contribution in [0.4, 0.5) is 0 Å². The SMILES string of the molecule is COc1cc(OC)nc(OC(C(=O)O)C(C)(c2ccccc2)C2C=CC=CC2=S(=O)=O)n1. The van der Waals surface area contributed by atoms with Gasteiger partial charge in [-0.3, -0.25) is 0 Å². The van der Waals surface area contributed by atoms with Crippen LogP contribution in [0.1, 0.15) is 12.5 Å². The van der Waals surface area contributed by atoms with Crippen LogP contribution in [-0.2, 0) is 20.5 Å². The van der Waals surface area contributed by atoms with E-state index in [-0.39, 0.29) is 22.6 Å². The van der Waals surface area contributed by atoms with Gasteiger partial charge in [0.1, 0.15) is 0 Å². The molecule has 0 saturated carbocycles. The minimum atomic E-state index is -2.58. The summed E-state index contributed by atoms with van der Waals surface area (Å²) in [7, 11) is 0.194. The lowest BCUT2D eigenvalue weighted by atomic mass is 9.65. The molecule has 1 aromatic heterocycles. The van der Waals surface area contributed by atoms with Crippen LogP contribution in [-0.4, -0.2) is 54.6 Å². The lowest BCUT2D eigenvalue weighted by Gasteiger charge is -2.40. The smallest absolute Gasteiger partial charge is 0.346 e. The van der Waals surface area contributed by atoms with Crippen molar-refractivity contribution < 1.29 is 32.5 Å². The van der Waals surface area contributed by atoms with E-state index in [1.165, 1.54) is 26.4 Å². The monoisotopic (exact) mass is 458 g/mol. The summed E-state index contributed by atoms with van der Waals surface area (Å²) in [6, 6.07) is 9.86. The molecule has 9 nitrogen and oxygen atoms in total. The molecule has 2 aromatic rings. The van der Waals surface area contributed by atoms with Gasteiger partial charge >= 0.3 is 12.0 Å². The summed E-state index contributed by atoms with van der Waals surface area (Å²) in [5.74, 6) is -1.92. The maximum atomic E-state index is 12.5. The van der Waals surface area contributed by atoms with Gasteiger partial charge in [0.15, 0.2) is 0 Å². The maximum absolute atomic E-state index is 12.5. The number of hydrogen-bond donors (Lipinski definition) is 1. The van der Waals surface area contributed by atoms with Gasteiger partial charge in [0.2, 0.25) is 28.2 Å². The molecular formula is C22H22N2O7S. The Morgan fingerprint density at radius 3 is 2.25 bits per heavy atom. The van der Waals surface area contributed by atoms with Crippen molar-refractivity contribution in [2.75, 3.05) is 14.2 Å². The quantitative estimate of drug-likeness (QED) is 0.592. The van der Waals surface area contributed by atoms with Crippen LogP contribution in [0, 0.1) is 5.92 Å². The molecule has 1 aromatic carbocycles. The molecule has 0 amide bonds. The zero-order valence-electron chi connectivity index (χ0n) is 17.6. The molecule has 0 radical (unpaired) electrons. The molecule has 1 heterocycles. The molecule has 1 N–H and O–H groups in total. The topological polar surface area (TPSA) is 125 Å². The highest BCUT2D eigenvalue weighted by atomic mass is 32.2. The first kappa shape index (κ1) is 23.0. The lowest BCUT2D eigenvalue weighted by molar-refractivity contribution is -0.149. The molecule has 3 atom stereocenters. The Kier molecular flexibility index (Phi) is 6.94. The molecule has 3 unspecified atom stereocenters. The van der Waals surface area contributed by atoms with Crippen LogP contribution in [0.2, 0.25) is 0 Å². The van der Waals surface area contributed by atoms with Gasteiger partial charge in [0, 0.05) is 5.92 Å². The number of nitrogens with zero attached hydrogens (tertiary/aromatic N) is 2. The Morgan fingerprint density at radius 2 is 1.72 bits per heavy atom. The summed E-state index contributed by atoms with van der Waals surface area (Å²) in [6.45, 7) is 1.64. The Balaban J connectivity index is 2.20. The minimum absolute atomic E-state index is 0.0397. The molecule has 0 aliphatic heterocycles. The van der Waals surface area contributed by atoms with E-state index in [1.54, 1.807) is 55.5 Å². The van der Waals surface area contributed by atoms with Gasteiger partial charge in [-0.2, -0.15) is 18.4 Å². The predicted molar refractivity (Wildman–Crippen MR) is 117 cm³/mol. The van der Waals surface area contributed by atoms with Gasteiger partial charge in [-0.1, -0.05) is 55.5 Å². The van der Waals surface area contributed by atoms with E-state index in [0.29, 0.717) is 5.56 Å². The second kappa shape index (κ2) is 9.65. The number of allylic oxidation sites excluding steroid dienone is 4. The number of benzene rings is 1. The summed E-state index contributed by atoms with van der Waals surface area (Å²) in [6.07, 6.45) is 4.77. The normalized spacial score (nSPS) is 17.8. The molecule has 1 aliphatic rings. The fourth-order valence-electron chi connectivity index (χ4n) is 3.65.